The molecule has 1 aromatic heterocycles. The number of rotatable bonds is 4. The average Bonchev–Trinajstić information content (AvgIpc) is 2.75. The maximum Gasteiger partial charge on any atom is 0.254 e. The molecule has 2 aromatic rings. The first kappa shape index (κ1) is 10.7. The van der Waals surface area contributed by atoms with Crippen molar-refractivity contribution in [3.63, 3.8) is 0 Å². The van der Waals surface area contributed by atoms with Gasteiger partial charge in [0.2, 0.25) is 0 Å². The van der Waals surface area contributed by atoms with E-state index in [1.807, 2.05) is 31.2 Å². The van der Waals surface area contributed by atoms with Gasteiger partial charge in [0.15, 0.2) is 5.76 Å². The van der Waals surface area contributed by atoms with Crippen LogP contribution in [-0.4, -0.2) is 18.3 Å². The van der Waals surface area contributed by atoms with Crippen LogP contribution in [0.25, 0.3) is 11.3 Å². The van der Waals surface area contributed by atoms with Crippen LogP contribution in [0, 0.1) is 6.92 Å². The molecular formula is C12H14N2O2. The Morgan fingerprint density at radius 1 is 1.38 bits per heavy atom. The Morgan fingerprint density at radius 2 is 2.19 bits per heavy atom. The maximum atomic E-state index is 5.34. The van der Waals surface area contributed by atoms with Crippen molar-refractivity contribution in [2.75, 3.05) is 13.2 Å². The van der Waals surface area contributed by atoms with Crippen LogP contribution in [0.15, 0.2) is 34.9 Å². The number of hydrogen-bond acceptors (Lipinski definition) is 4. The highest BCUT2D eigenvalue weighted by Crippen LogP contribution is 2.26. The monoisotopic (exact) mass is 218 g/mol. The van der Waals surface area contributed by atoms with Gasteiger partial charge < -0.3 is 15.0 Å². The molecule has 0 bridgehead atoms. The first-order chi connectivity index (χ1) is 7.81. The van der Waals surface area contributed by atoms with Gasteiger partial charge in [-0.25, -0.2) is 0 Å². The molecule has 0 aliphatic carbocycles. The Hall–Kier alpha value is -1.81. The van der Waals surface area contributed by atoms with Crippen LogP contribution in [0.5, 0.6) is 5.88 Å². The Morgan fingerprint density at radius 3 is 2.94 bits per heavy atom. The van der Waals surface area contributed by atoms with Crippen LogP contribution in [0.3, 0.4) is 0 Å². The Balaban J connectivity index is 2.22. The molecule has 0 fully saturated rings. The van der Waals surface area contributed by atoms with Crippen LogP contribution >= 0.6 is 0 Å². The van der Waals surface area contributed by atoms with Gasteiger partial charge in [-0.1, -0.05) is 24.3 Å². The zero-order valence-electron chi connectivity index (χ0n) is 9.14. The number of nitrogens with two attached hydrogens (primary N) is 1. The van der Waals surface area contributed by atoms with Crippen LogP contribution in [0.2, 0.25) is 0 Å². The maximum absolute atomic E-state index is 5.34. The normalized spacial score (nSPS) is 10.4. The highest BCUT2D eigenvalue weighted by atomic mass is 16.5. The van der Waals surface area contributed by atoms with Crippen LogP contribution in [0.4, 0.5) is 0 Å². The van der Waals surface area contributed by atoms with Gasteiger partial charge in [0, 0.05) is 18.2 Å². The molecule has 1 heterocycles. The van der Waals surface area contributed by atoms with Gasteiger partial charge in [0.25, 0.3) is 5.88 Å². The lowest BCUT2D eigenvalue weighted by atomic mass is 10.1. The standard InChI is InChI=1S/C12H14N2O2/c1-9-4-2-3-5-10(9)11-8-12(14-16-11)15-7-6-13/h2-5,8H,6-7,13H2,1H3. The van der Waals surface area contributed by atoms with Crippen molar-refractivity contribution >= 4 is 0 Å². The van der Waals surface area contributed by atoms with Crippen molar-refractivity contribution in [3.05, 3.63) is 35.9 Å². The highest BCUT2D eigenvalue weighted by molar-refractivity contribution is 5.62. The van der Waals surface area contributed by atoms with E-state index >= 15 is 0 Å². The summed E-state index contributed by atoms with van der Waals surface area (Å²) in [6, 6.07) is 9.74. The van der Waals surface area contributed by atoms with E-state index in [1.54, 1.807) is 6.07 Å². The Labute approximate surface area is 94.0 Å². The molecule has 0 aliphatic rings. The predicted octanol–water partition coefficient (Wildman–Crippen LogP) is 1.99. The summed E-state index contributed by atoms with van der Waals surface area (Å²) in [5.41, 5.74) is 7.50. The molecule has 16 heavy (non-hydrogen) atoms. The van der Waals surface area contributed by atoms with E-state index in [1.165, 1.54) is 0 Å². The molecule has 0 unspecified atom stereocenters. The zero-order valence-corrected chi connectivity index (χ0v) is 9.14. The van der Waals surface area contributed by atoms with Crippen LogP contribution in [-0.2, 0) is 0 Å². The minimum atomic E-state index is 0.444. The summed E-state index contributed by atoms with van der Waals surface area (Å²) < 4.78 is 10.5. The zero-order chi connectivity index (χ0) is 11.4. The fourth-order valence-corrected chi connectivity index (χ4v) is 1.47. The number of aryl methyl sites for hydroxylation is 1. The predicted molar refractivity (Wildman–Crippen MR) is 61.2 cm³/mol. The molecule has 0 amide bonds. The molecule has 84 valence electrons. The molecule has 0 radical (unpaired) electrons. The summed E-state index contributed by atoms with van der Waals surface area (Å²) in [4.78, 5) is 0. The molecule has 0 saturated heterocycles. The smallest absolute Gasteiger partial charge is 0.254 e. The minimum Gasteiger partial charge on any atom is -0.474 e. The Bertz CT molecular complexity index is 466. The summed E-state index contributed by atoms with van der Waals surface area (Å²) in [6.07, 6.45) is 0. The third-order valence-corrected chi connectivity index (χ3v) is 2.27. The first-order valence-corrected chi connectivity index (χ1v) is 5.17. The SMILES string of the molecule is Cc1ccccc1-c1cc(OCCN)no1. The molecular weight excluding hydrogens is 204 g/mol. The van der Waals surface area contributed by atoms with Gasteiger partial charge in [-0.15, -0.1) is 0 Å². The van der Waals surface area contributed by atoms with Crippen molar-refractivity contribution in [1.82, 2.24) is 5.16 Å². The number of ether oxygens (including phenoxy) is 1. The summed E-state index contributed by atoms with van der Waals surface area (Å²) in [7, 11) is 0. The average molecular weight is 218 g/mol. The largest absolute Gasteiger partial charge is 0.474 e. The molecule has 0 spiro atoms. The molecule has 2 N–H and O–H groups in total. The van der Waals surface area contributed by atoms with E-state index in [0.29, 0.717) is 24.8 Å². The van der Waals surface area contributed by atoms with E-state index in [-0.39, 0.29) is 0 Å². The van der Waals surface area contributed by atoms with Gasteiger partial charge in [-0.2, -0.15) is 0 Å². The summed E-state index contributed by atoms with van der Waals surface area (Å²) >= 11 is 0. The molecule has 0 aliphatic heterocycles. The number of nitrogens with zero attached hydrogens (tertiary/aromatic N) is 1. The molecule has 1 aromatic carbocycles. The molecule has 2 rings (SSSR count). The van der Waals surface area contributed by atoms with E-state index in [2.05, 4.69) is 5.16 Å². The van der Waals surface area contributed by atoms with Gasteiger partial charge >= 0.3 is 0 Å². The van der Waals surface area contributed by atoms with Crippen LogP contribution < -0.4 is 10.5 Å². The molecule has 0 saturated carbocycles. The second kappa shape index (κ2) is 4.81. The van der Waals surface area contributed by atoms with Gasteiger partial charge in [-0.3, -0.25) is 0 Å². The number of aromatic nitrogens is 1. The quantitative estimate of drug-likeness (QED) is 0.852. The van der Waals surface area contributed by atoms with E-state index in [4.69, 9.17) is 15.0 Å². The van der Waals surface area contributed by atoms with Crippen molar-refractivity contribution in [1.29, 1.82) is 0 Å². The molecule has 4 heteroatoms. The minimum absolute atomic E-state index is 0.444. The topological polar surface area (TPSA) is 61.3 Å². The number of benzene rings is 1. The van der Waals surface area contributed by atoms with Crippen LogP contribution in [0.1, 0.15) is 5.56 Å². The third-order valence-electron chi connectivity index (χ3n) is 2.27. The van der Waals surface area contributed by atoms with Gasteiger partial charge in [0.1, 0.15) is 6.61 Å². The lowest BCUT2D eigenvalue weighted by Crippen LogP contribution is -2.10. The van der Waals surface area contributed by atoms with E-state index in [0.717, 1.165) is 11.1 Å². The van der Waals surface area contributed by atoms with E-state index < -0.39 is 0 Å². The lowest BCUT2D eigenvalue weighted by molar-refractivity contribution is 0.288. The lowest BCUT2D eigenvalue weighted by Gasteiger charge is -1.99. The van der Waals surface area contributed by atoms with Gasteiger partial charge in [-0.05, 0) is 17.6 Å². The Kier molecular flexibility index (Phi) is 3.22. The van der Waals surface area contributed by atoms with Crippen molar-refractivity contribution < 1.29 is 9.26 Å². The fraction of sp³-hybridized carbons (Fsp3) is 0.250. The first-order valence-electron chi connectivity index (χ1n) is 5.17. The second-order valence-corrected chi connectivity index (χ2v) is 3.48. The summed E-state index contributed by atoms with van der Waals surface area (Å²) in [5, 5.41) is 3.82. The number of hydrogen-bond donors (Lipinski definition) is 1. The molecule has 4 nitrogen and oxygen atoms in total. The molecule has 0 atom stereocenters. The highest BCUT2D eigenvalue weighted by Gasteiger charge is 2.08. The van der Waals surface area contributed by atoms with Gasteiger partial charge in [0.05, 0.1) is 0 Å². The fourth-order valence-electron chi connectivity index (χ4n) is 1.47. The second-order valence-electron chi connectivity index (χ2n) is 3.48. The summed E-state index contributed by atoms with van der Waals surface area (Å²) in [5.74, 6) is 1.19. The van der Waals surface area contributed by atoms with E-state index in [9.17, 15) is 0 Å². The van der Waals surface area contributed by atoms with Crippen molar-refractivity contribution in [3.8, 4) is 17.2 Å². The van der Waals surface area contributed by atoms with Crippen molar-refractivity contribution in [2.24, 2.45) is 5.73 Å². The summed E-state index contributed by atoms with van der Waals surface area (Å²) in [6.45, 7) is 2.94. The third kappa shape index (κ3) is 2.23. The van der Waals surface area contributed by atoms with Crippen molar-refractivity contribution in [2.45, 2.75) is 6.92 Å².